The topological polar surface area (TPSA) is 49.3 Å². The van der Waals surface area contributed by atoms with E-state index >= 15 is 0 Å². The van der Waals surface area contributed by atoms with E-state index in [2.05, 4.69) is 5.32 Å². The maximum atomic E-state index is 12.2. The first-order chi connectivity index (χ1) is 11.2. The average Bonchev–Trinajstić information content (AvgIpc) is 3.15. The summed E-state index contributed by atoms with van der Waals surface area (Å²) in [4.78, 5) is 12.2. The van der Waals surface area contributed by atoms with E-state index in [0.29, 0.717) is 10.1 Å². The Morgan fingerprint density at radius 1 is 1.09 bits per heavy atom. The Morgan fingerprint density at radius 3 is 2.39 bits per heavy atom. The summed E-state index contributed by atoms with van der Waals surface area (Å²) in [7, 11) is 0. The maximum absolute atomic E-state index is 12.2. The van der Waals surface area contributed by atoms with Crippen LogP contribution in [0.3, 0.4) is 0 Å². The lowest BCUT2D eigenvalue weighted by atomic mass is 10.1. The van der Waals surface area contributed by atoms with Gasteiger partial charge in [-0.2, -0.15) is 0 Å². The van der Waals surface area contributed by atoms with Crippen LogP contribution in [0, 0.1) is 0 Å². The van der Waals surface area contributed by atoms with E-state index in [9.17, 15) is 9.90 Å². The monoisotopic (exact) mass is 345 g/mol. The van der Waals surface area contributed by atoms with E-state index in [0.717, 1.165) is 5.56 Å². The number of rotatable bonds is 5. The van der Waals surface area contributed by atoms with Crippen LogP contribution in [-0.4, -0.2) is 29.1 Å². The summed E-state index contributed by atoms with van der Waals surface area (Å²) in [6.45, 7) is 0.207. The molecule has 1 aliphatic rings. The number of hydrogen-bond donors (Lipinski definition) is 2. The van der Waals surface area contributed by atoms with Crippen molar-refractivity contribution in [1.29, 1.82) is 0 Å². The van der Waals surface area contributed by atoms with Gasteiger partial charge in [0.15, 0.2) is 0 Å². The molecule has 0 bridgehead atoms. The Balaban J connectivity index is 1.55. The van der Waals surface area contributed by atoms with Crippen LogP contribution in [0.4, 0.5) is 0 Å². The smallest absolute Gasteiger partial charge is 0.251 e. The van der Waals surface area contributed by atoms with Gasteiger partial charge < -0.3 is 10.4 Å². The summed E-state index contributed by atoms with van der Waals surface area (Å²) in [5.74, 6) is 2.22. The molecule has 23 heavy (non-hydrogen) atoms. The molecule has 3 nitrogen and oxygen atoms in total. The van der Waals surface area contributed by atoms with Gasteiger partial charge in [0.2, 0.25) is 0 Å². The first kappa shape index (κ1) is 16.4. The number of benzene rings is 2. The van der Waals surface area contributed by atoms with Crippen molar-refractivity contribution in [2.75, 3.05) is 18.1 Å². The highest BCUT2D eigenvalue weighted by molar-refractivity contribution is 8.19. The van der Waals surface area contributed by atoms with Gasteiger partial charge in [-0.1, -0.05) is 42.5 Å². The normalized spacial score (nSPS) is 16.2. The van der Waals surface area contributed by atoms with Gasteiger partial charge in [-0.15, -0.1) is 23.5 Å². The zero-order chi connectivity index (χ0) is 16.1. The fourth-order valence-corrected chi connectivity index (χ4v) is 5.29. The fourth-order valence-electron chi connectivity index (χ4n) is 2.43. The van der Waals surface area contributed by atoms with Crippen LogP contribution in [0.15, 0.2) is 54.6 Å². The second kappa shape index (κ2) is 7.90. The minimum Gasteiger partial charge on any atom is -0.387 e. The molecule has 1 heterocycles. The SMILES string of the molecule is O=C(NC[C@H](O)c1ccccc1)c1ccc(C2SCCS2)cc1. The summed E-state index contributed by atoms with van der Waals surface area (Å²) in [6, 6.07) is 17.1. The molecule has 1 aliphatic heterocycles. The summed E-state index contributed by atoms with van der Waals surface area (Å²) >= 11 is 3.90. The summed E-state index contributed by atoms with van der Waals surface area (Å²) in [5.41, 5.74) is 2.69. The van der Waals surface area contributed by atoms with Crippen molar-refractivity contribution in [3.8, 4) is 0 Å². The van der Waals surface area contributed by atoms with E-state index in [1.54, 1.807) is 0 Å². The number of amides is 1. The van der Waals surface area contributed by atoms with Crippen molar-refractivity contribution >= 4 is 29.4 Å². The van der Waals surface area contributed by atoms with Gasteiger partial charge in [0, 0.05) is 23.6 Å². The molecular weight excluding hydrogens is 326 g/mol. The molecule has 5 heteroatoms. The number of hydrogen-bond acceptors (Lipinski definition) is 4. The number of carbonyl (C=O) groups excluding carboxylic acids is 1. The minimum atomic E-state index is -0.689. The maximum Gasteiger partial charge on any atom is 0.251 e. The summed E-state index contributed by atoms with van der Waals surface area (Å²) in [5, 5.41) is 12.9. The highest BCUT2D eigenvalue weighted by atomic mass is 32.2. The molecule has 2 N–H and O–H groups in total. The zero-order valence-corrected chi connectivity index (χ0v) is 14.3. The van der Waals surface area contributed by atoms with Gasteiger partial charge in [-0.05, 0) is 23.3 Å². The van der Waals surface area contributed by atoms with E-state index in [1.807, 2.05) is 78.1 Å². The Morgan fingerprint density at radius 2 is 1.74 bits per heavy atom. The van der Waals surface area contributed by atoms with Crippen molar-refractivity contribution in [3.63, 3.8) is 0 Å². The Bertz CT molecular complexity index is 640. The van der Waals surface area contributed by atoms with Crippen molar-refractivity contribution in [1.82, 2.24) is 5.32 Å². The zero-order valence-electron chi connectivity index (χ0n) is 12.6. The van der Waals surface area contributed by atoms with Crippen LogP contribution in [0.5, 0.6) is 0 Å². The molecule has 2 aromatic rings. The first-order valence-electron chi connectivity index (χ1n) is 7.58. The molecular formula is C18H19NO2S2. The second-order valence-corrected chi connectivity index (χ2v) is 8.06. The standard InChI is InChI=1S/C18H19NO2S2/c20-16(13-4-2-1-3-5-13)12-19-17(21)14-6-8-15(9-7-14)18-22-10-11-23-18/h1-9,16,18,20H,10-12H2,(H,19,21)/t16-/m0/s1. The van der Waals surface area contributed by atoms with Crippen LogP contribution in [0.25, 0.3) is 0 Å². The number of aliphatic hydroxyl groups excluding tert-OH is 1. The fraction of sp³-hybridized carbons (Fsp3) is 0.278. The van der Waals surface area contributed by atoms with Crippen LogP contribution in [0.1, 0.15) is 32.2 Å². The van der Waals surface area contributed by atoms with Crippen molar-refractivity contribution in [3.05, 3.63) is 71.3 Å². The Labute approximate surface area is 144 Å². The number of aliphatic hydroxyl groups is 1. The highest BCUT2D eigenvalue weighted by Gasteiger charge is 2.18. The number of nitrogens with one attached hydrogen (secondary N) is 1. The van der Waals surface area contributed by atoms with Crippen molar-refractivity contribution < 1.29 is 9.90 Å². The second-order valence-electron chi connectivity index (χ2n) is 5.33. The molecule has 2 aromatic carbocycles. The van der Waals surface area contributed by atoms with Crippen LogP contribution < -0.4 is 5.32 Å². The predicted molar refractivity (Wildman–Crippen MR) is 97.8 cm³/mol. The molecule has 0 unspecified atom stereocenters. The molecule has 3 rings (SSSR count). The van der Waals surface area contributed by atoms with Crippen LogP contribution >= 0.6 is 23.5 Å². The minimum absolute atomic E-state index is 0.154. The van der Waals surface area contributed by atoms with Crippen LogP contribution in [-0.2, 0) is 0 Å². The third kappa shape index (κ3) is 4.31. The molecule has 0 radical (unpaired) electrons. The lowest BCUT2D eigenvalue weighted by molar-refractivity contribution is 0.0916. The Kier molecular flexibility index (Phi) is 5.65. The van der Waals surface area contributed by atoms with E-state index in [1.165, 1.54) is 17.1 Å². The molecule has 1 saturated heterocycles. The molecule has 0 saturated carbocycles. The molecule has 0 spiro atoms. The van der Waals surface area contributed by atoms with E-state index in [-0.39, 0.29) is 12.5 Å². The molecule has 120 valence electrons. The summed E-state index contributed by atoms with van der Waals surface area (Å²) in [6.07, 6.45) is -0.689. The lowest BCUT2D eigenvalue weighted by Gasteiger charge is -2.13. The highest BCUT2D eigenvalue weighted by Crippen LogP contribution is 2.45. The molecule has 0 aromatic heterocycles. The molecule has 1 atom stereocenters. The first-order valence-corrected chi connectivity index (χ1v) is 9.68. The number of carbonyl (C=O) groups is 1. The molecule has 1 fully saturated rings. The van der Waals surface area contributed by atoms with Crippen molar-refractivity contribution in [2.24, 2.45) is 0 Å². The lowest BCUT2D eigenvalue weighted by Crippen LogP contribution is -2.28. The van der Waals surface area contributed by atoms with E-state index in [4.69, 9.17) is 0 Å². The van der Waals surface area contributed by atoms with Gasteiger partial charge in [0.05, 0.1) is 10.7 Å². The molecule has 0 aliphatic carbocycles. The van der Waals surface area contributed by atoms with E-state index < -0.39 is 6.10 Å². The van der Waals surface area contributed by atoms with Gasteiger partial charge >= 0.3 is 0 Å². The average molecular weight is 345 g/mol. The predicted octanol–water partition coefficient (Wildman–Crippen LogP) is 3.63. The third-order valence-corrected chi connectivity index (χ3v) is 6.81. The van der Waals surface area contributed by atoms with Gasteiger partial charge in [-0.25, -0.2) is 0 Å². The summed E-state index contributed by atoms with van der Waals surface area (Å²) < 4.78 is 0.493. The number of thioether (sulfide) groups is 2. The Hall–Kier alpha value is -1.43. The van der Waals surface area contributed by atoms with Gasteiger partial charge in [0.25, 0.3) is 5.91 Å². The van der Waals surface area contributed by atoms with Gasteiger partial charge in [0.1, 0.15) is 0 Å². The third-order valence-electron chi connectivity index (χ3n) is 3.71. The molecule has 1 amide bonds. The largest absolute Gasteiger partial charge is 0.387 e. The van der Waals surface area contributed by atoms with Crippen molar-refractivity contribution in [2.45, 2.75) is 10.7 Å². The quantitative estimate of drug-likeness (QED) is 0.869. The van der Waals surface area contributed by atoms with Crippen LogP contribution in [0.2, 0.25) is 0 Å². The van der Waals surface area contributed by atoms with Gasteiger partial charge in [-0.3, -0.25) is 4.79 Å².